The van der Waals surface area contributed by atoms with Crippen LogP contribution >= 0.6 is 11.6 Å². The first-order valence-corrected chi connectivity index (χ1v) is 6.46. The van der Waals surface area contributed by atoms with Gasteiger partial charge in [0.1, 0.15) is 11.1 Å². The molecule has 0 radical (unpaired) electrons. The minimum atomic E-state index is -0.941. The second kappa shape index (κ2) is 5.44. The number of nitrogens with zero attached hydrogens (tertiary/aromatic N) is 1. The molecule has 0 aliphatic heterocycles. The number of carbonyl (C=O) groups is 2. The van der Waals surface area contributed by atoms with E-state index in [2.05, 4.69) is 4.99 Å². The molecule has 1 aliphatic rings. The van der Waals surface area contributed by atoms with Gasteiger partial charge in [0, 0.05) is 17.7 Å². The van der Waals surface area contributed by atoms with E-state index in [0.717, 1.165) is 12.8 Å². The van der Waals surface area contributed by atoms with E-state index in [-0.39, 0.29) is 17.3 Å². The van der Waals surface area contributed by atoms with Crippen LogP contribution in [0.4, 0.5) is 0 Å². The third kappa shape index (κ3) is 2.23. The fourth-order valence-corrected chi connectivity index (χ4v) is 2.20. The summed E-state index contributed by atoms with van der Waals surface area (Å²) in [6.07, 6.45) is 1.87. The first-order valence-electron chi connectivity index (χ1n) is 6.03. The molecule has 0 fully saturated rings. The zero-order valence-corrected chi connectivity index (χ0v) is 10.9. The third-order valence-corrected chi connectivity index (χ3v) is 3.34. The molecule has 0 amide bonds. The number of rotatable bonds is 3. The van der Waals surface area contributed by atoms with Crippen LogP contribution in [0.2, 0.25) is 0 Å². The molecule has 0 bridgehead atoms. The van der Waals surface area contributed by atoms with Crippen LogP contribution in [0.15, 0.2) is 29.3 Å². The molecule has 0 spiro atoms. The van der Waals surface area contributed by atoms with Crippen molar-refractivity contribution in [2.75, 3.05) is 6.54 Å². The lowest BCUT2D eigenvalue weighted by Crippen LogP contribution is -2.38. The van der Waals surface area contributed by atoms with E-state index < -0.39 is 5.38 Å². The third-order valence-electron chi connectivity index (χ3n) is 2.93. The summed E-state index contributed by atoms with van der Waals surface area (Å²) >= 11 is 6.03. The molecule has 1 aromatic carbocycles. The molecule has 94 valence electrons. The van der Waals surface area contributed by atoms with E-state index in [1.54, 1.807) is 24.3 Å². The van der Waals surface area contributed by atoms with Crippen LogP contribution in [0, 0.1) is 0 Å². The SMILES string of the molecule is CCCCN=C1C(=O)c2ccccc2C(=O)C1Cl. The predicted octanol–water partition coefficient (Wildman–Crippen LogP) is 2.91. The van der Waals surface area contributed by atoms with Crippen LogP contribution in [0.25, 0.3) is 0 Å². The van der Waals surface area contributed by atoms with Crippen molar-refractivity contribution in [3.8, 4) is 0 Å². The van der Waals surface area contributed by atoms with Gasteiger partial charge in [-0.25, -0.2) is 0 Å². The smallest absolute Gasteiger partial charge is 0.209 e. The number of aliphatic imine (C=N–C) groups is 1. The molecule has 0 saturated heterocycles. The Balaban J connectivity index is 2.39. The zero-order valence-electron chi connectivity index (χ0n) is 10.1. The summed E-state index contributed by atoms with van der Waals surface area (Å²) in [7, 11) is 0. The van der Waals surface area contributed by atoms with Crippen molar-refractivity contribution in [1.82, 2.24) is 0 Å². The lowest BCUT2D eigenvalue weighted by molar-refractivity contribution is 0.0967. The quantitative estimate of drug-likeness (QED) is 0.622. The van der Waals surface area contributed by atoms with Crippen LogP contribution in [-0.2, 0) is 0 Å². The molecular weight excluding hydrogens is 250 g/mol. The van der Waals surface area contributed by atoms with Crippen molar-refractivity contribution in [2.24, 2.45) is 4.99 Å². The monoisotopic (exact) mass is 263 g/mol. The van der Waals surface area contributed by atoms with Gasteiger partial charge in [-0.05, 0) is 6.42 Å². The second-order valence-electron chi connectivity index (χ2n) is 4.22. The number of hydrogen-bond donors (Lipinski definition) is 0. The van der Waals surface area contributed by atoms with Crippen LogP contribution in [0.1, 0.15) is 40.5 Å². The summed E-state index contributed by atoms with van der Waals surface area (Å²) in [5.41, 5.74) is 1.00. The minimum absolute atomic E-state index is 0.189. The first-order chi connectivity index (χ1) is 8.66. The molecule has 2 rings (SSSR count). The van der Waals surface area contributed by atoms with Crippen molar-refractivity contribution in [1.29, 1.82) is 0 Å². The Hall–Kier alpha value is -1.48. The van der Waals surface area contributed by atoms with Gasteiger partial charge in [0.15, 0.2) is 5.78 Å². The van der Waals surface area contributed by atoms with Crippen LogP contribution in [-0.4, -0.2) is 29.2 Å². The van der Waals surface area contributed by atoms with Crippen molar-refractivity contribution >= 4 is 28.9 Å². The van der Waals surface area contributed by atoms with Crippen LogP contribution in [0.5, 0.6) is 0 Å². The lowest BCUT2D eigenvalue weighted by atomic mass is 9.88. The molecule has 4 heteroatoms. The van der Waals surface area contributed by atoms with Gasteiger partial charge in [-0.2, -0.15) is 0 Å². The molecule has 0 heterocycles. The molecule has 0 N–H and O–H groups in total. The standard InChI is InChI=1S/C14H14ClNO2/c1-2-3-8-16-12-11(15)13(17)9-6-4-5-7-10(9)14(12)18/h4-7,11H,2-3,8H2,1H3. The fraction of sp³-hybridized carbons (Fsp3) is 0.357. The number of hydrogen-bond acceptors (Lipinski definition) is 3. The summed E-state index contributed by atoms with van der Waals surface area (Å²) in [5.74, 6) is -0.455. The van der Waals surface area contributed by atoms with Gasteiger partial charge >= 0.3 is 0 Å². The van der Waals surface area contributed by atoms with E-state index in [1.807, 2.05) is 6.92 Å². The second-order valence-corrected chi connectivity index (χ2v) is 4.66. The molecular formula is C14H14ClNO2. The summed E-state index contributed by atoms with van der Waals surface area (Å²) < 4.78 is 0. The van der Waals surface area contributed by atoms with Crippen LogP contribution in [0.3, 0.4) is 0 Å². The largest absolute Gasteiger partial charge is 0.292 e. The summed E-state index contributed by atoms with van der Waals surface area (Å²) in [4.78, 5) is 28.4. The lowest BCUT2D eigenvalue weighted by Gasteiger charge is -2.19. The van der Waals surface area contributed by atoms with Gasteiger partial charge in [0.05, 0.1) is 0 Å². The van der Waals surface area contributed by atoms with Crippen molar-refractivity contribution < 1.29 is 9.59 Å². The molecule has 1 atom stereocenters. The topological polar surface area (TPSA) is 46.5 Å². The number of halogens is 1. The molecule has 3 nitrogen and oxygen atoms in total. The maximum Gasteiger partial charge on any atom is 0.209 e. The number of fused-ring (bicyclic) bond motifs is 1. The number of alkyl halides is 1. The Morgan fingerprint density at radius 1 is 1.22 bits per heavy atom. The number of carbonyl (C=O) groups excluding carboxylic acids is 2. The van der Waals surface area contributed by atoms with Gasteiger partial charge in [-0.1, -0.05) is 37.6 Å². The Morgan fingerprint density at radius 2 is 1.89 bits per heavy atom. The summed E-state index contributed by atoms with van der Waals surface area (Å²) in [6, 6.07) is 6.75. The van der Waals surface area contributed by atoms with Gasteiger partial charge < -0.3 is 0 Å². The number of Topliss-reactive ketones (excluding diaryl/α,β-unsaturated/α-hetero) is 2. The highest BCUT2D eigenvalue weighted by atomic mass is 35.5. The van der Waals surface area contributed by atoms with Crippen LogP contribution < -0.4 is 0 Å². The van der Waals surface area contributed by atoms with Gasteiger partial charge in [0.25, 0.3) is 0 Å². The average molecular weight is 264 g/mol. The molecule has 1 unspecified atom stereocenters. The molecule has 18 heavy (non-hydrogen) atoms. The minimum Gasteiger partial charge on any atom is -0.292 e. The van der Waals surface area contributed by atoms with E-state index >= 15 is 0 Å². The van der Waals surface area contributed by atoms with Gasteiger partial charge in [-0.15, -0.1) is 11.6 Å². The molecule has 0 saturated carbocycles. The first kappa shape index (κ1) is 13.0. The highest BCUT2D eigenvalue weighted by molar-refractivity contribution is 6.64. The normalized spacial score (nSPS) is 21.2. The number of unbranched alkanes of at least 4 members (excludes halogenated alkanes) is 1. The maximum atomic E-state index is 12.2. The van der Waals surface area contributed by atoms with E-state index in [0.29, 0.717) is 17.7 Å². The fourth-order valence-electron chi connectivity index (χ4n) is 1.92. The Bertz CT molecular complexity index is 522. The number of benzene rings is 1. The zero-order chi connectivity index (χ0) is 13.1. The Morgan fingerprint density at radius 3 is 2.56 bits per heavy atom. The molecule has 1 aromatic rings. The summed E-state index contributed by atoms with van der Waals surface area (Å²) in [6.45, 7) is 2.58. The Labute approximate surface area is 111 Å². The van der Waals surface area contributed by atoms with Crippen molar-refractivity contribution in [3.05, 3.63) is 35.4 Å². The predicted molar refractivity (Wildman–Crippen MR) is 72.0 cm³/mol. The molecule has 1 aliphatic carbocycles. The van der Waals surface area contributed by atoms with Crippen molar-refractivity contribution in [2.45, 2.75) is 25.1 Å². The number of ketones is 2. The Kier molecular flexibility index (Phi) is 3.92. The van der Waals surface area contributed by atoms with Gasteiger partial charge in [0.2, 0.25) is 5.78 Å². The highest BCUT2D eigenvalue weighted by Gasteiger charge is 2.36. The van der Waals surface area contributed by atoms with E-state index in [4.69, 9.17) is 11.6 Å². The van der Waals surface area contributed by atoms with Crippen molar-refractivity contribution in [3.63, 3.8) is 0 Å². The summed E-state index contributed by atoms with van der Waals surface area (Å²) in [5, 5.41) is -0.941. The van der Waals surface area contributed by atoms with E-state index in [9.17, 15) is 9.59 Å². The van der Waals surface area contributed by atoms with Gasteiger partial charge in [-0.3, -0.25) is 14.6 Å². The average Bonchev–Trinajstić information content (AvgIpc) is 2.40. The maximum absolute atomic E-state index is 12.2. The molecule has 0 aromatic heterocycles. The van der Waals surface area contributed by atoms with E-state index in [1.165, 1.54) is 0 Å². The highest BCUT2D eigenvalue weighted by Crippen LogP contribution is 2.23.